The van der Waals surface area contributed by atoms with Crippen LogP contribution >= 0.6 is 118 Å². The second kappa shape index (κ2) is 42.1. The third kappa shape index (κ3) is 23.4. The first-order valence-corrected chi connectivity index (χ1v) is 45.9. The third-order valence-electron chi connectivity index (χ3n) is 22.2. The van der Waals surface area contributed by atoms with E-state index >= 15 is 0 Å². The van der Waals surface area contributed by atoms with Crippen LogP contribution in [-0.2, 0) is 12.8 Å². The summed E-state index contributed by atoms with van der Waals surface area (Å²) in [6.45, 7) is 1.52. The number of anilines is 2. The molecule has 0 unspecified atom stereocenters. The number of hydrogen-bond donors (Lipinski definition) is 6. The lowest BCUT2D eigenvalue weighted by atomic mass is 10.0. The summed E-state index contributed by atoms with van der Waals surface area (Å²) < 4.78 is 98.4. The van der Waals surface area contributed by atoms with E-state index in [1.54, 1.807) is 123 Å². The van der Waals surface area contributed by atoms with Gasteiger partial charge in [0, 0.05) is 144 Å². The molecule has 26 nitrogen and oxygen atoms in total. The maximum absolute atomic E-state index is 13.3. The Balaban J connectivity index is 0.000000136. The molecule has 6 aliphatic rings. The van der Waals surface area contributed by atoms with Crippen LogP contribution < -0.4 is 70.6 Å². The van der Waals surface area contributed by atoms with E-state index < -0.39 is 42.7 Å². The van der Waals surface area contributed by atoms with Crippen molar-refractivity contribution in [3.63, 3.8) is 0 Å². The van der Waals surface area contributed by atoms with Gasteiger partial charge in [-0.3, -0.25) is 39.1 Å². The molecule has 0 radical (unpaired) electrons. The van der Waals surface area contributed by atoms with Crippen LogP contribution in [0, 0.1) is 0 Å². The summed E-state index contributed by atoms with van der Waals surface area (Å²) in [6.07, 6.45) is 15.8. The van der Waals surface area contributed by atoms with Crippen LogP contribution in [0.2, 0.25) is 30.1 Å². The van der Waals surface area contributed by atoms with Crippen molar-refractivity contribution in [1.29, 1.82) is 0 Å². The van der Waals surface area contributed by atoms with Crippen LogP contribution in [0.3, 0.4) is 0 Å². The van der Waals surface area contributed by atoms with Gasteiger partial charge in [-0.1, -0.05) is 106 Å². The van der Waals surface area contributed by atoms with Gasteiger partial charge in [-0.25, -0.2) is 17.6 Å². The number of ether oxygens (including phenoxy) is 8. The fourth-order valence-corrected chi connectivity index (χ4v) is 17.4. The molecule has 0 bridgehead atoms. The summed E-state index contributed by atoms with van der Waals surface area (Å²) in [7, 11) is 5.85. The predicted molar refractivity (Wildman–Crippen MR) is 527 cm³/mol. The van der Waals surface area contributed by atoms with Crippen LogP contribution in [0.1, 0.15) is 104 Å². The van der Waals surface area contributed by atoms with Gasteiger partial charge in [-0.05, 0) is 172 Å². The molecule has 0 spiro atoms. The first-order valence-electron chi connectivity index (χ1n) is 42.0. The molecule has 8 N–H and O–H groups in total. The highest BCUT2D eigenvalue weighted by Crippen LogP contribution is 2.45. The number of alkyl halides is 4. The van der Waals surface area contributed by atoms with Crippen molar-refractivity contribution in [3.8, 4) is 69.0 Å². The lowest BCUT2D eigenvalue weighted by Gasteiger charge is -2.40. The molecule has 40 heteroatoms. The number of methoxy groups -OCH3 is 4. The number of aromatic nitrogens is 4. The van der Waals surface area contributed by atoms with Gasteiger partial charge in [-0.15, -0.1) is 0 Å². The van der Waals surface area contributed by atoms with E-state index in [-0.39, 0.29) is 69.4 Å². The second-order valence-corrected chi connectivity index (χ2v) is 36.2. The van der Waals surface area contributed by atoms with E-state index in [0.717, 1.165) is 85.5 Å². The minimum atomic E-state index is -2.87. The number of pyridine rings is 4. The maximum atomic E-state index is 13.3. The van der Waals surface area contributed by atoms with Gasteiger partial charge in [0.1, 0.15) is 67.5 Å². The van der Waals surface area contributed by atoms with E-state index in [1.165, 1.54) is 57.5 Å². The number of halogens is 10. The molecule has 6 fully saturated rings. The zero-order valence-electron chi connectivity index (χ0n) is 71.9. The Morgan fingerprint density at radius 1 is 0.396 bits per heavy atom. The third-order valence-corrected chi connectivity index (χ3v) is 25.4. The zero-order chi connectivity index (χ0) is 95.1. The summed E-state index contributed by atoms with van der Waals surface area (Å²) in [5.41, 5.74) is 17.2. The van der Waals surface area contributed by atoms with Crippen LogP contribution in [-0.4, -0.2) is 188 Å². The van der Waals surface area contributed by atoms with Gasteiger partial charge >= 0.3 is 0 Å². The number of hydrogen-bond acceptors (Lipinski definition) is 20. The molecule has 2 saturated carbocycles. The molecule has 4 aromatic heterocycles. The monoisotopic (exact) mass is 2010 g/mol. The number of amides is 4. The summed E-state index contributed by atoms with van der Waals surface area (Å²) in [5.74, 6) is -2.62. The van der Waals surface area contributed by atoms with Gasteiger partial charge in [0.25, 0.3) is 35.5 Å². The molecule has 2 aliphatic carbocycles. The molecular formula is C94H84Cl6F4N14O12S4. The predicted octanol–water partition coefficient (Wildman–Crippen LogP) is 21.3. The summed E-state index contributed by atoms with van der Waals surface area (Å²) in [4.78, 5) is 74.9. The van der Waals surface area contributed by atoms with Crippen LogP contribution in [0.15, 0.2) is 158 Å². The van der Waals surface area contributed by atoms with Crippen LogP contribution in [0.5, 0.6) is 69.0 Å². The van der Waals surface area contributed by atoms with Crippen molar-refractivity contribution in [2.75, 3.05) is 91.4 Å². The van der Waals surface area contributed by atoms with Gasteiger partial charge in [0.15, 0.2) is 21.7 Å². The fraction of sp³-hybridized carbons (Fsp3) is 0.277. The van der Waals surface area contributed by atoms with E-state index in [0.29, 0.717) is 166 Å². The Bertz CT molecular complexity index is 6650. The molecule has 0 atom stereocenters. The smallest absolute Gasteiger partial charge is 0.282 e. The van der Waals surface area contributed by atoms with Gasteiger partial charge in [0.2, 0.25) is 0 Å². The molecule has 8 heterocycles. The van der Waals surface area contributed by atoms with Gasteiger partial charge in [0.05, 0.1) is 130 Å². The van der Waals surface area contributed by atoms with Gasteiger partial charge in [-0.2, -0.15) is 0 Å². The van der Waals surface area contributed by atoms with E-state index in [9.17, 15) is 36.7 Å². The van der Waals surface area contributed by atoms with Crippen molar-refractivity contribution in [2.45, 2.75) is 88.1 Å². The number of likely N-dealkylation sites (tertiary alicyclic amines) is 4. The highest BCUT2D eigenvalue weighted by atomic mass is 35.5. The number of nitrogens with two attached hydrogens (primary N) is 2. The Labute approximate surface area is 817 Å². The lowest BCUT2D eigenvalue weighted by Crippen LogP contribution is -2.58. The van der Waals surface area contributed by atoms with E-state index in [2.05, 4.69) is 46.1 Å². The number of nitrogens with one attached hydrogen (secondary N) is 4. The summed E-state index contributed by atoms with van der Waals surface area (Å²) in [6, 6.07) is 38.2. The van der Waals surface area contributed by atoms with Gasteiger partial charge < -0.3 is 90.2 Å². The molecule has 696 valence electrons. The summed E-state index contributed by atoms with van der Waals surface area (Å²) in [5, 5.41) is 18.2. The molecule has 4 saturated heterocycles. The first kappa shape index (κ1) is 96.9. The highest BCUT2D eigenvalue weighted by Gasteiger charge is 2.47. The second-order valence-electron chi connectivity index (χ2n) is 32.0. The minimum Gasteiger partial charge on any atom is -0.496 e. The van der Waals surface area contributed by atoms with Crippen molar-refractivity contribution in [1.82, 2.24) is 50.2 Å². The number of carbonyl (C=O) groups excluding carboxylic acids is 4. The molecular weight excluding hydrogens is 1930 g/mol. The Morgan fingerprint density at radius 3 is 1.10 bits per heavy atom. The van der Waals surface area contributed by atoms with Crippen molar-refractivity contribution in [2.24, 2.45) is 11.5 Å². The van der Waals surface area contributed by atoms with Crippen LogP contribution in [0.4, 0.5) is 28.9 Å². The first-order chi connectivity index (χ1) is 64.2. The lowest BCUT2D eigenvalue weighted by molar-refractivity contribution is -0.113. The number of carbonyl (C=O) groups is 4. The molecule has 4 aliphatic heterocycles. The number of primary amides is 2. The molecule has 134 heavy (non-hydrogen) atoms. The molecule has 18 rings (SSSR count). The molecule has 12 aromatic rings. The maximum Gasteiger partial charge on any atom is 0.282 e. The molecule has 8 aromatic carbocycles. The fourth-order valence-electron chi connectivity index (χ4n) is 15.0. The van der Waals surface area contributed by atoms with E-state index in [4.69, 9.17) is 168 Å². The average molecular weight is 2020 g/mol. The average Bonchev–Trinajstić information content (AvgIpc) is 0.992. The van der Waals surface area contributed by atoms with E-state index in [1.807, 2.05) is 29.2 Å². The Kier molecular flexibility index (Phi) is 30.4. The highest BCUT2D eigenvalue weighted by molar-refractivity contribution is 7.81. The standard InChI is InChI=1S/C25H25ClN4O3S.C24H21ClF2N4O3S.C23H21Cl2N3O3S.C22H17Cl2F2N3O3S/c1-32-23-14-21-17(13-18(23)24(31)30-10-2-3-11-30)22(8-9-27-21)33-16-6-7-20(19(26)12-16)29-25(34)28-15-4-5-15;1-33-21-10-19-15(9-16(21)22(32)31-11-24(26,27)12-31)20(6-7-28-19)34-14-4-5-18(17(25)8-14)30-23(35)29-13-2-3-13;1-30-20-11-19-15(10-16(20)23(26)29)22(18(25)12-27-19)31-14-5-4-13(17(24)9-14)8-21(32)28-6-2-3-7-28;1-31-18-7-17-13(6-14(18)21(27)30)20(16(24)8-28-17)32-12-3-2-11(15(23)5-12)4-19(33)29-9-22(25,26)10-29/h6-9,12-15H,2-5,10-11H2,1H3,(H2,28,29,34);4-10,13H,2-3,11-12H2,1H3,(H2,29,30,35);4-5,9-12H,2-3,6-8H2,1H3,(H2,26,29);2-3,5-8H,4,9-10H2,1H3,(H2,27,30). The molecule has 4 amide bonds. The summed E-state index contributed by atoms with van der Waals surface area (Å²) >= 11 is 60.0. The topological polar surface area (TPSA) is 307 Å². The van der Waals surface area contributed by atoms with Crippen molar-refractivity contribution < 1.29 is 74.6 Å². The normalized spacial score (nSPS) is 15.0. The number of fused-ring (bicyclic) bond motifs is 4. The number of rotatable bonds is 24. The number of benzene rings is 8. The quantitative estimate of drug-likeness (QED) is 0.0242. The largest absolute Gasteiger partial charge is 0.496 e. The van der Waals surface area contributed by atoms with Crippen molar-refractivity contribution in [3.05, 3.63) is 222 Å². The Hall–Kier alpha value is -11.7. The SMILES string of the molecule is COc1cc2ncc(Cl)c(Oc3ccc(CC(=S)N4CC(F)(F)C4)c(Cl)c3)c2cc1C(N)=O.COc1cc2ncc(Cl)c(Oc3ccc(CC(=S)N4CCCC4)c(Cl)c3)c2cc1C(N)=O.COc1cc2nccc(Oc3ccc(NC(=S)NC4CC4)c(Cl)c3)c2cc1C(=O)N1CC(F)(F)C1.COc1cc2nccc(Oc3ccc(NC(=S)NC4CC4)c(Cl)c3)c2cc1C(=O)N1CCCC1. The van der Waals surface area contributed by atoms with Crippen LogP contribution in [0.25, 0.3) is 43.6 Å². The van der Waals surface area contributed by atoms with Crippen molar-refractivity contribution >= 4 is 217 Å². The zero-order valence-corrected chi connectivity index (χ0v) is 79.7. The Morgan fingerprint density at radius 2 is 0.731 bits per heavy atom. The number of nitrogens with zero attached hydrogens (tertiary/aromatic N) is 8. The number of thiocarbonyl (C=S) groups is 4. The minimum absolute atomic E-state index is 0.0414.